The lowest BCUT2D eigenvalue weighted by atomic mass is 10.2. The maximum absolute atomic E-state index is 12.1. The first-order valence-corrected chi connectivity index (χ1v) is 5.84. The summed E-state index contributed by atoms with van der Waals surface area (Å²) in [6.45, 7) is -1.12. The van der Waals surface area contributed by atoms with Gasteiger partial charge in [0.1, 0.15) is 11.6 Å². The molecular formula is C14H12F2N2O2. The van der Waals surface area contributed by atoms with E-state index in [9.17, 15) is 13.6 Å². The Hall–Kier alpha value is -2.50. The second kappa shape index (κ2) is 6.10. The highest BCUT2D eigenvalue weighted by Gasteiger charge is 2.11. The molecule has 2 aromatic rings. The molecule has 0 saturated carbocycles. The number of carbonyl (C=O) groups excluding carboxylic acids is 1. The number of carbonyl (C=O) groups is 1. The van der Waals surface area contributed by atoms with Crippen molar-refractivity contribution in [3.63, 3.8) is 0 Å². The third-order valence-corrected chi connectivity index (χ3v) is 2.56. The Balaban J connectivity index is 2.15. The normalized spacial score (nSPS) is 10.4. The molecule has 0 aliphatic rings. The van der Waals surface area contributed by atoms with Gasteiger partial charge in [0.05, 0.1) is 0 Å². The summed E-state index contributed by atoms with van der Waals surface area (Å²) in [6, 6.07) is 9.14. The first-order chi connectivity index (χ1) is 9.56. The largest absolute Gasteiger partial charge is 0.435 e. The van der Waals surface area contributed by atoms with Gasteiger partial charge in [-0.3, -0.25) is 4.79 Å². The standard InChI is InChI=1S/C14H12F2N2O2/c1-9-4-3-7-17-12(9)18-13(19)10-5-2-6-11(8-10)20-14(15)16/h2-8,14H,1H3,(H,17,18,19). The average Bonchev–Trinajstić information content (AvgIpc) is 2.41. The van der Waals surface area contributed by atoms with Crippen LogP contribution in [0.2, 0.25) is 0 Å². The van der Waals surface area contributed by atoms with Crippen molar-refractivity contribution in [1.82, 2.24) is 4.98 Å². The Morgan fingerprint density at radius 2 is 2.10 bits per heavy atom. The molecule has 0 atom stereocenters. The van der Waals surface area contributed by atoms with Crippen LogP contribution < -0.4 is 10.1 Å². The Morgan fingerprint density at radius 3 is 2.80 bits per heavy atom. The number of aromatic nitrogens is 1. The number of aryl methyl sites for hydroxylation is 1. The maximum atomic E-state index is 12.1. The monoisotopic (exact) mass is 278 g/mol. The number of benzene rings is 1. The van der Waals surface area contributed by atoms with Gasteiger partial charge in [-0.15, -0.1) is 0 Å². The molecular weight excluding hydrogens is 266 g/mol. The summed E-state index contributed by atoms with van der Waals surface area (Å²) in [5.74, 6) is -0.0745. The van der Waals surface area contributed by atoms with Crippen LogP contribution in [0.4, 0.5) is 14.6 Å². The van der Waals surface area contributed by atoms with Crippen LogP contribution in [-0.2, 0) is 0 Å². The summed E-state index contributed by atoms with van der Waals surface area (Å²) in [6.07, 6.45) is 1.55. The van der Waals surface area contributed by atoms with Crippen LogP contribution in [0.5, 0.6) is 5.75 Å². The topological polar surface area (TPSA) is 51.2 Å². The molecule has 0 bridgehead atoms. The molecule has 1 aromatic heterocycles. The lowest BCUT2D eigenvalue weighted by molar-refractivity contribution is -0.0498. The highest BCUT2D eigenvalue weighted by molar-refractivity contribution is 6.04. The van der Waals surface area contributed by atoms with Gasteiger partial charge in [0.15, 0.2) is 0 Å². The van der Waals surface area contributed by atoms with Gasteiger partial charge in [0, 0.05) is 11.8 Å². The zero-order valence-corrected chi connectivity index (χ0v) is 10.6. The maximum Gasteiger partial charge on any atom is 0.387 e. The Kier molecular flexibility index (Phi) is 4.24. The summed E-state index contributed by atoms with van der Waals surface area (Å²) >= 11 is 0. The van der Waals surface area contributed by atoms with E-state index in [1.165, 1.54) is 24.3 Å². The van der Waals surface area contributed by atoms with E-state index in [2.05, 4.69) is 15.0 Å². The summed E-state index contributed by atoms with van der Waals surface area (Å²) in [5.41, 5.74) is 1.02. The molecule has 20 heavy (non-hydrogen) atoms. The first kappa shape index (κ1) is 13.9. The second-order valence-electron chi connectivity index (χ2n) is 4.03. The molecule has 1 aromatic carbocycles. The van der Waals surface area contributed by atoms with Crippen LogP contribution in [0.15, 0.2) is 42.6 Å². The number of hydrogen-bond acceptors (Lipinski definition) is 3. The number of nitrogens with zero attached hydrogens (tertiary/aromatic N) is 1. The SMILES string of the molecule is Cc1cccnc1NC(=O)c1cccc(OC(F)F)c1. The Morgan fingerprint density at radius 1 is 1.30 bits per heavy atom. The lowest BCUT2D eigenvalue weighted by Gasteiger charge is -2.08. The number of pyridine rings is 1. The molecule has 6 heteroatoms. The number of alkyl halides is 2. The number of nitrogens with one attached hydrogen (secondary N) is 1. The summed E-state index contributed by atoms with van der Waals surface area (Å²) < 4.78 is 28.5. The van der Waals surface area contributed by atoms with E-state index < -0.39 is 12.5 Å². The van der Waals surface area contributed by atoms with Crippen LogP contribution >= 0.6 is 0 Å². The van der Waals surface area contributed by atoms with Crippen molar-refractivity contribution in [3.05, 3.63) is 53.7 Å². The van der Waals surface area contributed by atoms with Gasteiger partial charge >= 0.3 is 6.61 Å². The Labute approximate surface area is 114 Å². The van der Waals surface area contributed by atoms with Gasteiger partial charge in [0.25, 0.3) is 5.91 Å². The minimum atomic E-state index is -2.92. The number of ether oxygens (including phenoxy) is 1. The molecule has 1 amide bonds. The van der Waals surface area contributed by atoms with E-state index in [1.54, 1.807) is 25.3 Å². The van der Waals surface area contributed by atoms with Gasteiger partial charge in [-0.05, 0) is 36.8 Å². The number of anilines is 1. The Bertz CT molecular complexity index is 618. The van der Waals surface area contributed by atoms with Crippen LogP contribution in [0, 0.1) is 6.92 Å². The third kappa shape index (κ3) is 3.50. The van der Waals surface area contributed by atoms with Crippen LogP contribution in [0.1, 0.15) is 15.9 Å². The van der Waals surface area contributed by atoms with Crippen molar-refractivity contribution in [1.29, 1.82) is 0 Å². The smallest absolute Gasteiger partial charge is 0.387 e. The van der Waals surface area contributed by atoms with E-state index >= 15 is 0 Å². The highest BCUT2D eigenvalue weighted by Crippen LogP contribution is 2.17. The summed E-state index contributed by atoms with van der Waals surface area (Å²) in [5, 5.41) is 2.61. The number of halogens is 2. The molecule has 1 N–H and O–H groups in total. The fourth-order valence-electron chi connectivity index (χ4n) is 1.61. The third-order valence-electron chi connectivity index (χ3n) is 2.56. The number of amides is 1. The van der Waals surface area contributed by atoms with Crippen LogP contribution in [-0.4, -0.2) is 17.5 Å². The van der Waals surface area contributed by atoms with Gasteiger partial charge in [-0.25, -0.2) is 4.98 Å². The van der Waals surface area contributed by atoms with Crippen LogP contribution in [0.3, 0.4) is 0 Å². The molecule has 4 nitrogen and oxygen atoms in total. The average molecular weight is 278 g/mol. The van der Waals surface area contributed by atoms with Gasteiger partial charge in [0.2, 0.25) is 0 Å². The second-order valence-corrected chi connectivity index (χ2v) is 4.03. The molecule has 0 aliphatic carbocycles. The zero-order chi connectivity index (χ0) is 14.5. The minimum Gasteiger partial charge on any atom is -0.435 e. The van der Waals surface area contributed by atoms with E-state index in [0.717, 1.165) is 5.56 Å². The molecule has 1 heterocycles. The van der Waals surface area contributed by atoms with Gasteiger partial charge in [-0.2, -0.15) is 8.78 Å². The fourth-order valence-corrected chi connectivity index (χ4v) is 1.61. The van der Waals surface area contributed by atoms with E-state index in [0.29, 0.717) is 5.82 Å². The summed E-state index contributed by atoms with van der Waals surface area (Å²) in [4.78, 5) is 16.0. The number of hydrogen-bond donors (Lipinski definition) is 1. The predicted octanol–water partition coefficient (Wildman–Crippen LogP) is 3.24. The van der Waals surface area contributed by atoms with Crippen molar-refractivity contribution in [3.8, 4) is 5.75 Å². The van der Waals surface area contributed by atoms with Gasteiger partial charge < -0.3 is 10.1 Å². The fraction of sp³-hybridized carbons (Fsp3) is 0.143. The molecule has 0 saturated heterocycles. The lowest BCUT2D eigenvalue weighted by Crippen LogP contribution is -2.14. The molecule has 0 fully saturated rings. The summed E-state index contributed by atoms with van der Waals surface area (Å²) in [7, 11) is 0. The molecule has 0 spiro atoms. The van der Waals surface area contributed by atoms with Crippen molar-refractivity contribution in [2.24, 2.45) is 0 Å². The van der Waals surface area contributed by atoms with E-state index in [4.69, 9.17) is 0 Å². The molecule has 0 aliphatic heterocycles. The minimum absolute atomic E-state index is 0.0645. The van der Waals surface area contributed by atoms with E-state index in [-0.39, 0.29) is 11.3 Å². The highest BCUT2D eigenvalue weighted by atomic mass is 19.3. The predicted molar refractivity (Wildman–Crippen MR) is 70.0 cm³/mol. The zero-order valence-electron chi connectivity index (χ0n) is 10.6. The number of rotatable bonds is 4. The van der Waals surface area contributed by atoms with Crippen molar-refractivity contribution < 1.29 is 18.3 Å². The van der Waals surface area contributed by atoms with E-state index in [1.807, 2.05) is 0 Å². The van der Waals surface area contributed by atoms with Crippen molar-refractivity contribution >= 4 is 11.7 Å². The molecule has 2 rings (SSSR count). The molecule has 0 radical (unpaired) electrons. The van der Waals surface area contributed by atoms with Crippen LogP contribution in [0.25, 0.3) is 0 Å². The van der Waals surface area contributed by atoms with Crippen molar-refractivity contribution in [2.45, 2.75) is 13.5 Å². The van der Waals surface area contributed by atoms with Gasteiger partial charge in [-0.1, -0.05) is 12.1 Å². The molecule has 104 valence electrons. The first-order valence-electron chi connectivity index (χ1n) is 5.84. The van der Waals surface area contributed by atoms with Crippen molar-refractivity contribution in [2.75, 3.05) is 5.32 Å². The molecule has 0 unspecified atom stereocenters. The quantitative estimate of drug-likeness (QED) is 0.934.